The van der Waals surface area contributed by atoms with E-state index in [1.165, 1.54) is 7.11 Å². The quantitative estimate of drug-likeness (QED) is 0.820. The molecule has 0 unspecified atom stereocenters. The minimum atomic E-state index is 0.495. The van der Waals surface area contributed by atoms with E-state index < -0.39 is 0 Å². The molecule has 0 aliphatic carbocycles. The maximum absolute atomic E-state index is 8.90. The van der Waals surface area contributed by atoms with Crippen molar-refractivity contribution in [1.82, 2.24) is 0 Å². The molecule has 2 aromatic carbocycles. The van der Waals surface area contributed by atoms with Gasteiger partial charge in [-0.2, -0.15) is 5.26 Å². The first kappa shape index (κ1) is 12.0. The van der Waals surface area contributed by atoms with E-state index in [0.29, 0.717) is 17.1 Å². The number of ether oxygens (including phenoxy) is 2. The highest BCUT2D eigenvalue weighted by molar-refractivity contribution is 5.48. The summed E-state index contributed by atoms with van der Waals surface area (Å²) in [6.07, 6.45) is 0. The van der Waals surface area contributed by atoms with Crippen LogP contribution < -0.4 is 9.47 Å². The van der Waals surface area contributed by atoms with Crippen LogP contribution in [0.15, 0.2) is 42.5 Å². The van der Waals surface area contributed by atoms with Gasteiger partial charge in [0.05, 0.1) is 12.7 Å². The summed E-state index contributed by atoms with van der Waals surface area (Å²) in [6.45, 7) is 1.98. The molecule has 0 spiro atoms. The molecule has 0 N–H and O–H groups in total. The molecule has 0 saturated heterocycles. The molecule has 0 aliphatic rings. The van der Waals surface area contributed by atoms with Gasteiger partial charge in [0.15, 0.2) is 0 Å². The molecule has 3 heteroatoms. The van der Waals surface area contributed by atoms with Crippen LogP contribution in [0.4, 0.5) is 0 Å². The van der Waals surface area contributed by atoms with E-state index in [4.69, 9.17) is 14.7 Å². The fraction of sp³-hybridized carbons (Fsp3) is 0.133. The van der Waals surface area contributed by atoms with Gasteiger partial charge in [-0.3, -0.25) is 0 Å². The molecular formula is C15H13NO2. The van der Waals surface area contributed by atoms with E-state index in [-0.39, 0.29) is 0 Å². The third kappa shape index (κ3) is 2.44. The Morgan fingerprint density at radius 2 is 1.83 bits per heavy atom. The fourth-order valence-electron chi connectivity index (χ4n) is 1.63. The predicted octanol–water partition coefficient (Wildman–Crippen LogP) is 3.67. The van der Waals surface area contributed by atoms with Gasteiger partial charge in [-0.05, 0) is 30.7 Å². The first-order chi connectivity index (χ1) is 8.74. The minimum absolute atomic E-state index is 0.495. The Kier molecular flexibility index (Phi) is 3.49. The van der Waals surface area contributed by atoms with Crippen molar-refractivity contribution in [2.24, 2.45) is 0 Å². The van der Waals surface area contributed by atoms with Gasteiger partial charge in [0.2, 0.25) is 0 Å². The zero-order valence-electron chi connectivity index (χ0n) is 10.3. The molecule has 0 radical (unpaired) electrons. The van der Waals surface area contributed by atoms with Crippen LogP contribution in [0, 0.1) is 18.3 Å². The van der Waals surface area contributed by atoms with Crippen LogP contribution in [0.1, 0.15) is 11.1 Å². The lowest BCUT2D eigenvalue weighted by atomic mass is 10.2. The lowest BCUT2D eigenvalue weighted by Gasteiger charge is -2.10. The van der Waals surface area contributed by atoms with Crippen molar-refractivity contribution >= 4 is 0 Å². The van der Waals surface area contributed by atoms with Crippen molar-refractivity contribution < 1.29 is 9.47 Å². The Balaban J connectivity index is 2.31. The van der Waals surface area contributed by atoms with Crippen molar-refractivity contribution in [3.8, 4) is 23.3 Å². The van der Waals surface area contributed by atoms with Crippen molar-refractivity contribution in [2.75, 3.05) is 7.11 Å². The van der Waals surface area contributed by atoms with Crippen LogP contribution in [0.3, 0.4) is 0 Å². The van der Waals surface area contributed by atoms with Crippen molar-refractivity contribution in [3.05, 3.63) is 53.6 Å². The van der Waals surface area contributed by atoms with Crippen molar-refractivity contribution in [1.29, 1.82) is 5.26 Å². The molecule has 0 heterocycles. The molecule has 0 aliphatic heterocycles. The number of hydrogen-bond acceptors (Lipinski definition) is 3. The van der Waals surface area contributed by atoms with E-state index in [1.807, 2.05) is 31.2 Å². The van der Waals surface area contributed by atoms with Crippen molar-refractivity contribution in [3.63, 3.8) is 0 Å². The van der Waals surface area contributed by atoms with Crippen LogP contribution in [-0.2, 0) is 0 Å². The lowest BCUT2D eigenvalue weighted by molar-refractivity contribution is 0.407. The first-order valence-electron chi connectivity index (χ1n) is 5.56. The Morgan fingerprint density at radius 1 is 1.06 bits per heavy atom. The van der Waals surface area contributed by atoms with E-state index >= 15 is 0 Å². The van der Waals surface area contributed by atoms with E-state index in [2.05, 4.69) is 6.07 Å². The largest absolute Gasteiger partial charge is 0.495 e. The average molecular weight is 239 g/mol. The van der Waals surface area contributed by atoms with Crippen LogP contribution in [0.5, 0.6) is 17.2 Å². The Labute approximate surface area is 106 Å². The summed E-state index contributed by atoms with van der Waals surface area (Å²) in [7, 11) is 1.54. The second kappa shape index (κ2) is 5.24. The summed E-state index contributed by atoms with van der Waals surface area (Å²) in [4.78, 5) is 0. The first-order valence-corrected chi connectivity index (χ1v) is 5.56. The van der Waals surface area contributed by atoms with E-state index in [1.54, 1.807) is 18.2 Å². The third-order valence-corrected chi connectivity index (χ3v) is 2.61. The van der Waals surface area contributed by atoms with Gasteiger partial charge in [-0.25, -0.2) is 0 Å². The monoisotopic (exact) mass is 239 g/mol. The Bertz CT molecular complexity index is 600. The van der Waals surface area contributed by atoms with Gasteiger partial charge in [0.1, 0.15) is 23.3 Å². The molecule has 18 heavy (non-hydrogen) atoms. The number of rotatable bonds is 3. The average Bonchev–Trinajstić information content (AvgIpc) is 2.41. The lowest BCUT2D eigenvalue weighted by Crippen LogP contribution is -1.91. The molecule has 0 amide bonds. The number of para-hydroxylation sites is 1. The molecule has 90 valence electrons. The van der Waals surface area contributed by atoms with Gasteiger partial charge < -0.3 is 9.47 Å². The molecule has 0 bridgehead atoms. The van der Waals surface area contributed by atoms with E-state index in [9.17, 15) is 0 Å². The van der Waals surface area contributed by atoms with Gasteiger partial charge in [-0.15, -0.1) is 0 Å². The normalized spacial score (nSPS) is 9.61. The topological polar surface area (TPSA) is 42.2 Å². The summed E-state index contributed by atoms with van der Waals surface area (Å²) in [5, 5.41) is 8.90. The second-order valence-corrected chi connectivity index (χ2v) is 3.84. The second-order valence-electron chi connectivity index (χ2n) is 3.84. The van der Waals surface area contributed by atoms with Gasteiger partial charge >= 0.3 is 0 Å². The Morgan fingerprint density at radius 3 is 2.50 bits per heavy atom. The number of benzene rings is 2. The summed E-state index contributed by atoms with van der Waals surface area (Å²) >= 11 is 0. The number of methoxy groups -OCH3 is 1. The molecule has 3 nitrogen and oxygen atoms in total. The molecular weight excluding hydrogens is 226 g/mol. The van der Waals surface area contributed by atoms with Crippen LogP contribution in [-0.4, -0.2) is 7.11 Å². The third-order valence-electron chi connectivity index (χ3n) is 2.61. The van der Waals surface area contributed by atoms with Gasteiger partial charge in [-0.1, -0.05) is 18.2 Å². The minimum Gasteiger partial charge on any atom is -0.495 e. The molecule has 0 atom stereocenters. The summed E-state index contributed by atoms with van der Waals surface area (Å²) < 4.78 is 10.9. The summed E-state index contributed by atoms with van der Waals surface area (Å²) in [6, 6.07) is 15.0. The fourth-order valence-corrected chi connectivity index (χ4v) is 1.63. The standard InChI is InChI=1S/C15H13NO2/c1-11-5-3-4-6-14(11)18-13-8-7-12(10-16)15(9-13)17-2/h3-9H,1-2H3. The maximum Gasteiger partial charge on any atom is 0.140 e. The van der Waals surface area contributed by atoms with E-state index in [0.717, 1.165) is 11.3 Å². The molecule has 0 aromatic heterocycles. The molecule has 0 fully saturated rings. The molecule has 2 rings (SSSR count). The Hall–Kier alpha value is -2.47. The van der Waals surface area contributed by atoms with Gasteiger partial charge in [0, 0.05) is 6.07 Å². The van der Waals surface area contributed by atoms with Gasteiger partial charge in [0.25, 0.3) is 0 Å². The number of nitrogens with zero attached hydrogens (tertiary/aromatic N) is 1. The van der Waals surface area contributed by atoms with Crippen LogP contribution >= 0.6 is 0 Å². The smallest absolute Gasteiger partial charge is 0.140 e. The number of hydrogen-bond donors (Lipinski definition) is 0. The maximum atomic E-state index is 8.90. The zero-order valence-corrected chi connectivity index (χ0v) is 10.3. The highest BCUT2D eigenvalue weighted by Gasteiger charge is 2.06. The number of aryl methyl sites for hydroxylation is 1. The molecule has 0 saturated carbocycles. The molecule has 2 aromatic rings. The number of nitriles is 1. The predicted molar refractivity (Wildman–Crippen MR) is 69.0 cm³/mol. The van der Waals surface area contributed by atoms with Crippen LogP contribution in [0.2, 0.25) is 0 Å². The SMILES string of the molecule is COc1cc(Oc2ccccc2C)ccc1C#N. The highest BCUT2D eigenvalue weighted by atomic mass is 16.5. The summed E-state index contributed by atoms with van der Waals surface area (Å²) in [5.74, 6) is 1.97. The zero-order chi connectivity index (χ0) is 13.0. The van der Waals surface area contributed by atoms with Crippen molar-refractivity contribution in [2.45, 2.75) is 6.92 Å². The highest BCUT2D eigenvalue weighted by Crippen LogP contribution is 2.29. The summed E-state index contributed by atoms with van der Waals surface area (Å²) in [5.41, 5.74) is 1.55. The van der Waals surface area contributed by atoms with Crippen LogP contribution in [0.25, 0.3) is 0 Å².